The molecule has 0 bridgehead atoms. The molecule has 0 radical (unpaired) electrons. The standard InChI is InChI=1S/C3H12OSi2/c4-3(6)1-2-5/h3-4H,1-2H2,5-6H3. The van der Waals surface area contributed by atoms with Crippen LogP contribution < -0.4 is 0 Å². The van der Waals surface area contributed by atoms with Gasteiger partial charge in [0.2, 0.25) is 0 Å². The maximum absolute atomic E-state index is 8.64. The minimum absolute atomic E-state index is 0.0718. The maximum atomic E-state index is 8.64. The lowest BCUT2D eigenvalue weighted by molar-refractivity contribution is 0.252. The predicted molar refractivity (Wildman–Crippen MR) is 35.3 cm³/mol. The summed E-state index contributed by atoms with van der Waals surface area (Å²) in [5.41, 5.74) is 0.0718. The summed E-state index contributed by atoms with van der Waals surface area (Å²) < 4.78 is 0. The van der Waals surface area contributed by atoms with Gasteiger partial charge in [-0.15, -0.1) is 0 Å². The molecule has 0 aliphatic carbocycles. The summed E-state index contributed by atoms with van der Waals surface area (Å²) in [7, 11) is 2.21. The molecule has 0 aromatic rings. The lowest BCUT2D eigenvalue weighted by atomic mass is 10.5. The molecule has 0 aliphatic rings. The van der Waals surface area contributed by atoms with E-state index in [1.165, 1.54) is 16.3 Å². The Hall–Kier alpha value is 0.394. The zero-order valence-corrected chi connectivity index (χ0v) is 8.44. The van der Waals surface area contributed by atoms with Crippen molar-refractivity contribution in [3.05, 3.63) is 0 Å². The fourth-order valence-corrected chi connectivity index (χ4v) is 2.99. The monoisotopic (exact) mass is 120 g/mol. The Kier molecular flexibility index (Phi) is 3.81. The van der Waals surface area contributed by atoms with Crippen molar-refractivity contribution >= 4 is 20.5 Å². The molecule has 0 aromatic carbocycles. The summed E-state index contributed by atoms with van der Waals surface area (Å²) in [4.78, 5) is 0. The smallest absolute Gasteiger partial charge is 0.0388 e. The third kappa shape index (κ3) is 4.39. The van der Waals surface area contributed by atoms with Gasteiger partial charge in [0.15, 0.2) is 0 Å². The van der Waals surface area contributed by atoms with Crippen LogP contribution in [0, 0.1) is 0 Å². The first-order valence-corrected chi connectivity index (χ1v) is 5.02. The maximum Gasteiger partial charge on any atom is 0.0388 e. The quantitative estimate of drug-likeness (QED) is 0.412. The van der Waals surface area contributed by atoms with Crippen molar-refractivity contribution in [1.29, 1.82) is 0 Å². The van der Waals surface area contributed by atoms with Gasteiger partial charge in [0.25, 0.3) is 0 Å². The third-order valence-corrected chi connectivity index (χ3v) is 1.86. The van der Waals surface area contributed by atoms with E-state index in [2.05, 4.69) is 0 Å². The molecular weight excluding hydrogens is 108 g/mol. The van der Waals surface area contributed by atoms with Crippen LogP contribution in [-0.2, 0) is 0 Å². The second kappa shape index (κ2) is 3.58. The Morgan fingerprint density at radius 3 is 2.17 bits per heavy atom. The number of rotatable bonds is 2. The highest BCUT2D eigenvalue weighted by molar-refractivity contribution is 6.12. The van der Waals surface area contributed by atoms with E-state index < -0.39 is 0 Å². The van der Waals surface area contributed by atoms with E-state index in [0.717, 1.165) is 16.7 Å². The average Bonchev–Trinajstić information content (AvgIpc) is 1.35. The number of aliphatic hydroxyl groups excluding tert-OH is 1. The lowest BCUT2D eigenvalue weighted by Crippen LogP contribution is -2.03. The van der Waals surface area contributed by atoms with Crippen LogP contribution in [0.5, 0.6) is 0 Å². The molecule has 0 aromatic heterocycles. The molecule has 38 valence electrons. The van der Waals surface area contributed by atoms with Crippen LogP contribution in [0.2, 0.25) is 6.04 Å². The Balaban J connectivity index is 2.63. The molecule has 0 saturated heterocycles. The Labute approximate surface area is 44.6 Å². The highest BCUT2D eigenvalue weighted by Crippen LogP contribution is 1.86. The molecule has 1 N–H and O–H groups in total. The normalized spacial score (nSPS) is 15.5. The summed E-state index contributed by atoms with van der Waals surface area (Å²) in [6.45, 7) is 0. The first-order chi connectivity index (χ1) is 2.77. The zero-order valence-electron chi connectivity index (χ0n) is 4.44. The van der Waals surface area contributed by atoms with Crippen LogP contribution in [0.15, 0.2) is 0 Å². The second-order valence-corrected chi connectivity index (χ2v) is 3.97. The molecule has 0 amide bonds. The second-order valence-electron chi connectivity index (χ2n) is 1.64. The van der Waals surface area contributed by atoms with E-state index in [4.69, 9.17) is 5.11 Å². The zero-order chi connectivity index (χ0) is 4.99. The van der Waals surface area contributed by atoms with Crippen LogP contribution >= 0.6 is 0 Å². The van der Waals surface area contributed by atoms with E-state index in [1.54, 1.807) is 0 Å². The van der Waals surface area contributed by atoms with Gasteiger partial charge >= 0.3 is 0 Å². The lowest BCUT2D eigenvalue weighted by Gasteiger charge is -1.95. The average molecular weight is 120 g/mol. The van der Waals surface area contributed by atoms with Gasteiger partial charge in [-0.1, -0.05) is 6.04 Å². The fraction of sp³-hybridized carbons (Fsp3) is 1.00. The fourth-order valence-electron chi connectivity index (χ4n) is 0.418. The molecule has 0 heterocycles. The predicted octanol–water partition coefficient (Wildman–Crippen LogP) is -2.16. The molecular formula is C3H12OSi2. The highest BCUT2D eigenvalue weighted by atomic mass is 28.1. The van der Waals surface area contributed by atoms with Gasteiger partial charge in [0.05, 0.1) is 0 Å². The molecule has 0 spiro atoms. The van der Waals surface area contributed by atoms with E-state index in [1.807, 2.05) is 0 Å². The minimum Gasteiger partial charge on any atom is -0.398 e. The molecule has 3 heteroatoms. The first-order valence-electron chi connectivity index (χ1n) is 2.45. The van der Waals surface area contributed by atoms with E-state index >= 15 is 0 Å². The van der Waals surface area contributed by atoms with Gasteiger partial charge in [0, 0.05) is 26.2 Å². The molecule has 0 aliphatic heterocycles. The van der Waals surface area contributed by atoms with Crippen LogP contribution in [0.1, 0.15) is 6.42 Å². The van der Waals surface area contributed by atoms with Gasteiger partial charge in [-0.25, -0.2) is 0 Å². The number of hydrogen-bond acceptors (Lipinski definition) is 1. The number of hydrogen-bond donors (Lipinski definition) is 1. The largest absolute Gasteiger partial charge is 0.398 e. The van der Waals surface area contributed by atoms with Gasteiger partial charge in [0.1, 0.15) is 0 Å². The Morgan fingerprint density at radius 2 is 2.17 bits per heavy atom. The van der Waals surface area contributed by atoms with Crippen molar-refractivity contribution in [3.63, 3.8) is 0 Å². The van der Waals surface area contributed by atoms with E-state index in [0.29, 0.717) is 0 Å². The van der Waals surface area contributed by atoms with Crippen LogP contribution in [0.3, 0.4) is 0 Å². The van der Waals surface area contributed by atoms with Gasteiger partial charge in [-0.3, -0.25) is 0 Å². The van der Waals surface area contributed by atoms with Gasteiger partial charge in [-0.2, -0.15) is 0 Å². The first kappa shape index (κ1) is 6.39. The number of aliphatic hydroxyl groups is 1. The molecule has 0 fully saturated rings. The van der Waals surface area contributed by atoms with Crippen LogP contribution in [0.25, 0.3) is 0 Å². The van der Waals surface area contributed by atoms with Crippen LogP contribution in [0.4, 0.5) is 0 Å². The van der Waals surface area contributed by atoms with Gasteiger partial charge in [-0.05, 0) is 6.42 Å². The highest BCUT2D eigenvalue weighted by Gasteiger charge is 1.87. The molecule has 0 rings (SSSR count). The van der Waals surface area contributed by atoms with Crippen molar-refractivity contribution in [1.82, 2.24) is 0 Å². The minimum atomic E-state index is 0.0718. The molecule has 6 heavy (non-hydrogen) atoms. The van der Waals surface area contributed by atoms with Crippen molar-refractivity contribution in [2.45, 2.75) is 18.2 Å². The molecule has 0 saturated carbocycles. The Morgan fingerprint density at radius 1 is 1.67 bits per heavy atom. The molecule has 1 atom stereocenters. The molecule has 1 unspecified atom stereocenters. The topological polar surface area (TPSA) is 20.2 Å². The summed E-state index contributed by atoms with van der Waals surface area (Å²) >= 11 is 0. The van der Waals surface area contributed by atoms with Crippen molar-refractivity contribution in [2.75, 3.05) is 0 Å². The summed E-state index contributed by atoms with van der Waals surface area (Å²) in [5, 5.41) is 8.64. The summed E-state index contributed by atoms with van der Waals surface area (Å²) in [6.07, 6.45) is 1.05. The molecule has 1 nitrogen and oxygen atoms in total. The SMILES string of the molecule is OC([SiH3])CC[SiH3]. The van der Waals surface area contributed by atoms with Crippen molar-refractivity contribution in [2.24, 2.45) is 0 Å². The van der Waals surface area contributed by atoms with Crippen molar-refractivity contribution in [3.8, 4) is 0 Å². The Bertz CT molecular complexity index is 30.0. The van der Waals surface area contributed by atoms with Gasteiger partial charge < -0.3 is 5.11 Å². The van der Waals surface area contributed by atoms with Crippen molar-refractivity contribution < 1.29 is 5.11 Å². The van der Waals surface area contributed by atoms with E-state index in [9.17, 15) is 0 Å². The summed E-state index contributed by atoms with van der Waals surface area (Å²) in [5.74, 6) is 0. The van der Waals surface area contributed by atoms with Crippen LogP contribution in [-0.4, -0.2) is 31.3 Å². The van der Waals surface area contributed by atoms with E-state index in [-0.39, 0.29) is 5.73 Å². The summed E-state index contributed by atoms with van der Waals surface area (Å²) in [6, 6.07) is 1.25. The third-order valence-electron chi connectivity index (χ3n) is 0.706.